The van der Waals surface area contributed by atoms with Crippen LogP contribution in [0.15, 0.2) is 12.2 Å². The fourth-order valence-corrected chi connectivity index (χ4v) is 2.22. The second-order valence-corrected chi connectivity index (χ2v) is 10.1. The first kappa shape index (κ1) is 15.4. The number of aliphatic hydroxyl groups is 1. The first-order chi connectivity index (χ1) is 8.38. The van der Waals surface area contributed by atoms with E-state index in [0.717, 1.165) is 12.2 Å². The van der Waals surface area contributed by atoms with E-state index in [2.05, 4.69) is 18.8 Å². The van der Waals surface area contributed by atoms with Gasteiger partial charge in [-0.15, -0.1) is 0 Å². The molecular formula is C13H25NO3S. The highest BCUT2D eigenvalue weighted by molar-refractivity contribution is 8.32. The topological polar surface area (TPSA) is 49.8 Å². The van der Waals surface area contributed by atoms with Crippen LogP contribution in [0.1, 0.15) is 12.8 Å². The maximum Gasteiger partial charge on any atom is 0.409 e. The summed E-state index contributed by atoms with van der Waals surface area (Å²) in [7, 11) is -0.619. The van der Waals surface area contributed by atoms with Gasteiger partial charge in [0.1, 0.15) is 6.61 Å². The van der Waals surface area contributed by atoms with E-state index in [1.165, 1.54) is 0 Å². The van der Waals surface area contributed by atoms with Crippen LogP contribution in [0, 0.1) is 0 Å². The average Bonchev–Trinajstić information content (AvgIpc) is 2.22. The highest BCUT2D eigenvalue weighted by atomic mass is 32.3. The molecule has 0 aliphatic carbocycles. The Bertz CT molecular complexity index is 299. The molecule has 0 bridgehead atoms. The predicted octanol–water partition coefficient (Wildman–Crippen LogP) is 1.83. The zero-order valence-electron chi connectivity index (χ0n) is 11.6. The Morgan fingerprint density at radius 2 is 2.17 bits per heavy atom. The smallest absolute Gasteiger partial charge is 0.409 e. The van der Waals surface area contributed by atoms with Crippen molar-refractivity contribution in [3.63, 3.8) is 0 Å². The van der Waals surface area contributed by atoms with Gasteiger partial charge in [-0.25, -0.2) is 14.8 Å². The van der Waals surface area contributed by atoms with Crippen molar-refractivity contribution in [2.24, 2.45) is 0 Å². The Labute approximate surface area is 111 Å². The molecule has 5 heteroatoms. The van der Waals surface area contributed by atoms with Gasteiger partial charge < -0.3 is 14.7 Å². The molecule has 1 N–H and O–H groups in total. The van der Waals surface area contributed by atoms with E-state index in [9.17, 15) is 9.90 Å². The van der Waals surface area contributed by atoms with E-state index >= 15 is 0 Å². The number of carbonyl (C=O) groups excluding carboxylic acids is 1. The van der Waals surface area contributed by atoms with E-state index in [1.807, 2.05) is 6.08 Å². The van der Waals surface area contributed by atoms with Crippen LogP contribution in [-0.4, -0.2) is 66.4 Å². The Hall–Kier alpha value is -0.680. The van der Waals surface area contributed by atoms with E-state index in [-0.39, 0.29) is 6.09 Å². The van der Waals surface area contributed by atoms with E-state index in [0.29, 0.717) is 26.1 Å². The van der Waals surface area contributed by atoms with Gasteiger partial charge in [-0.1, -0.05) is 12.2 Å². The summed E-state index contributed by atoms with van der Waals surface area (Å²) in [6.45, 7) is 1.73. The van der Waals surface area contributed by atoms with Crippen LogP contribution in [0.5, 0.6) is 0 Å². The largest absolute Gasteiger partial charge is 0.449 e. The number of nitrogens with zero attached hydrogens (tertiary/aromatic N) is 1. The second kappa shape index (κ2) is 7.04. The van der Waals surface area contributed by atoms with Crippen molar-refractivity contribution in [2.75, 3.05) is 44.2 Å². The third-order valence-electron chi connectivity index (χ3n) is 2.80. The normalized spacial score (nSPS) is 24.0. The fraction of sp³-hybridized carbons (Fsp3) is 0.769. The Morgan fingerprint density at radius 1 is 1.44 bits per heavy atom. The summed E-state index contributed by atoms with van der Waals surface area (Å²) >= 11 is 0. The summed E-state index contributed by atoms with van der Waals surface area (Å²) in [6.07, 6.45) is 11.0. The molecule has 4 nitrogen and oxygen atoms in total. The quantitative estimate of drug-likeness (QED) is 0.799. The minimum Gasteiger partial charge on any atom is -0.449 e. The van der Waals surface area contributed by atoms with Gasteiger partial charge in [-0.05, 0) is 31.6 Å². The van der Waals surface area contributed by atoms with Crippen molar-refractivity contribution in [2.45, 2.75) is 18.9 Å². The molecule has 0 radical (unpaired) electrons. The lowest BCUT2D eigenvalue weighted by Crippen LogP contribution is -2.36. The molecule has 0 aromatic rings. The molecule has 0 aromatic heterocycles. The standard InChI is InChI=1S/C13H25NO3S/c1-18(2,3)11-10-17-13(16)14-8-5-4-6-12(15)7-9-14/h4,6,12,15H,5,7-11H2,1-3H3/b6-4+. The fourth-order valence-electron chi connectivity index (χ4n) is 1.63. The Kier molecular flexibility index (Phi) is 6.02. The highest BCUT2D eigenvalue weighted by Crippen LogP contribution is 2.33. The summed E-state index contributed by atoms with van der Waals surface area (Å²) in [5.74, 6) is 0.940. The molecular weight excluding hydrogens is 250 g/mol. The molecule has 0 saturated carbocycles. The summed E-state index contributed by atoms with van der Waals surface area (Å²) < 4.78 is 5.29. The van der Waals surface area contributed by atoms with Crippen LogP contribution in [-0.2, 0) is 4.74 Å². The zero-order valence-corrected chi connectivity index (χ0v) is 12.4. The summed E-state index contributed by atoms with van der Waals surface area (Å²) in [6, 6.07) is 0. The molecule has 1 aliphatic rings. The number of rotatable bonds is 3. The summed E-state index contributed by atoms with van der Waals surface area (Å²) in [5, 5.41) is 9.53. The molecule has 1 heterocycles. The molecule has 0 fully saturated rings. The number of amides is 1. The van der Waals surface area contributed by atoms with Gasteiger partial charge in [-0.2, -0.15) is 0 Å². The summed E-state index contributed by atoms with van der Waals surface area (Å²) in [5.41, 5.74) is 0. The van der Waals surface area contributed by atoms with Crippen molar-refractivity contribution < 1.29 is 14.6 Å². The predicted molar refractivity (Wildman–Crippen MR) is 77.5 cm³/mol. The zero-order chi connectivity index (χ0) is 13.6. The molecule has 1 rings (SSSR count). The lowest BCUT2D eigenvalue weighted by molar-refractivity contribution is 0.100. The monoisotopic (exact) mass is 275 g/mol. The molecule has 18 heavy (non-hydrogen) atoms. The second-order valence-electron chi connectivity index (χ2n) is 5.47. The molecule has 0 spiro atoms. The number of ether oxygens (including phenoxy) is 1. The van der Waals surface area contributed by atoms with Crippen LogP contribution in [0.2, 0.25) is 0 Å². The van der Waals surface area contributed by atoms with Crippen LogP contribution in [0.4, 0.5) is 4.79 Å². The van der Waals surface area contributed by atoms with E-state index in [1.54, 1.807) is 11.0 Å². The summed E-state index contributed by atoms with van der Waals surface area (Å²) in [4.78, 5) is 13.5. The number of hydrogen-bond donors (Lipinski definition) is 1. The van der Waals surface area contributed by atoms with Crippen molar-refractivity contribution >= 4 is 16.1 Å². The maximum absolute atomic E-state index is 11.9. The molecule has 1 unspecified atom stereocenters. The van der Waals surface area contributed by atoms with Crippen molar-refractivity contribution in [1.82, 2.24) is 4.90 Å². The van der Waals surface area contributed by atoms with Crippen molar-refractivity contribution in [3.8, 4) is 0 Å². The van der Waals surface area contributed by atoms with Crippen LogP contribution >= 0.6 is 10.0 Å². The molecule has 0 saturated heterocycles. The lowest BCUT2D eigenvalue weighted by atomic mass is 10.1. The Balaban J connectivity index is 2.34. The third kappa shape index (κ3) is 6.31. The average molecular weight is 275 g/mol. The first-order valence-electron chi connectivity index (χ1n) is 6.31. The molecule has 0 aromatic carbocycles. The third-order valence-corrected chi connectivity index (χ3v) is 4.19. The van der Waals surface area contributed by atoms with Gasteiger partial charge in [0, 0.05) is 18.8 Å². The maximum atomic E-state index is 11.9. The minimum atomic E-state index is -0.619. The number of carbonyl (C=O) groups is 1. The van der Waals surface area contributed by atoms with Gasteiger partial charge in [0.2, 0.25) is 0 Å². The lowest BCUT2D eigenvalue weighted by Gasteiger charge is -2.27. The van der Waals surface area contributed by atoms with Crippen molar-refractivity contribution in [1.29, 1.82) is 0 Å². The van der Waals surface area contributed by atoms with Gasteiger partial charge in [0.15, 0.2) is 0 Å². The number of hydrogen-bond acceptors (Lipinski definition) is 3. The molecule has 1 amide bonds. The van der Waals surface area contributed by atoms with Gasteiger partial charge in [-0.3, -0.25) is 0 Å². The van der Waals surface area contributed by atoms with Gasteiger partial charge >= 0.3 is 6.09 Å². The SMILES string of the molecule is CS(C)(C)CCOC(=O)N1CC/C=C/C(O)CC1. The van der Waals surface area contributed by atoms with Crippen LogP contribution in [0.25, 0.3) is 0 Å². The van der Waals surface area contributed by atoms with Crippen LogP contribution in [0.3, 0.4) is 0 Å². The van der Waals surface area contributed by atoms with Gasteiger partial charge in [0.05, 0.1) is 6.10 Å². The van der Waals surface area contributed by atoms with E-state index in [4.69, 9.17) is 4.74 Å². The van der Waals surface area contributed by atoms with Crippen molar-refractivity contribution in [3.05, 3.63) is 12.2 Å². The van der Waals surface area contributed by atoms with E-state index < -0.39 is 16.1 Å². The molecule has 106 valence electrons. The number of aliphatic hydroxyl groups excluding tert-OH is 1. The van der Waals surface area contributed by atoms with Crippen LogP contribution < -0.4 is 0 Å². The molecule has 1 atom stereocenters. The van der Waals surface area contributed by atoms with Gasteiger partial charge in [0.25, 0.3) is 0 Å². The highest BCUT2D eigenvalue weighted by Gasteiger charge is 2.17. The Morgan fingerprint density at radius 3 is 2.83 bits per heavy atom. The minimum absolute atomic E-state index is 0.249. The molecule has 1 aliphatic heterocycles. The first-order valence-corrected chi connectivity index (χ1v) is 9.33.